The van der Waals surface area contributed by atoms with Crippen molar-refractivity contribution >= 4 is 50.7 Å². The Balaban J connectivity index is 1.49. The van der Waals surface area contributed by atoms with Crippen molar-refractivity contribution in [1.29, 1.82) is 0 Å². The molecule has 11 heteroatoms. The van der Waals surface area contributed by atoms with Crippen molar-refractivity contribution in [2.24, 2.45) is 0 Å². The summed E-state index contributed by atoms with van der Waals surface area (Å²) < 4.78 is 42.1. The molecular weight excluding hydrogens is 574 g/mol. The van der Waals surface area contributed by atoms with E-state index in [4.69, 9.17) is 25.3 Å². The third-order valence-electron chi connectivity index (χ3n) is 6.02. The smallest absolute Gasteiger partial charge is 0.339 e. The Bertz CT molecular complexity index is 1570. The highest BCUT2D eigenvalue weighted by molar-refractivity contribution is 8.18. The van der Waals surface area contributed by atoms with Gasteiger partial charge in [-0.2, -0.15) is 8.42 Å². The number of ether oxygens (including phenoxy) is 2. The Kier molecular flexibility index (Phi) is 9.12. The topological polar surface area (TPSA) is 99.2 Å². The first-order chi connectivity index (χ1) is 19.0. The summed E-state index contributed by atoms with van der Waals surface area (Å²) in [7, 11) is -2.81. The third-order valence-corrected chi connectivity index (χ3v) is 8.43. The van der Waals surface area contributed by atoms with Gasteiger partial charge in [0.05, 0.1) is 18.6 Å². The lowest BCUT2D eigenvalue weighted by molar-refractivity contribution is -0.123. The van der Waals surface area contributed by atoms with Gasteiger partial charge in [0.25, 0.3) is 11.1 Å². The number of hydrogen-bond acceptors (Lipinski definition) is 8. The maximum atomic E-state index is 13.0. The standard InChI is InChI=1S/C29H28ClNO7S2/c1-18(2)23-11-5-19(3)15-25(23)37-14-13-31-28(32)27(39-29(31)33)17-20-6-12-24(36-4)26(16-20)38-40(34,35)22-9-7-21(30)8-10-22/h5-12,15-18H,13-14H2,1-4H3/b27-17-. The summed E-state index contributed by atoms with van der Waals surface area (Å²) in [5.74, 6) is 0.640. The Morgan fingerprint density at radius 3 is 2.38 bits per heavy atom. The number of halogens is 1. The van der Waals surface area contributed by atoms with Gasteiger partial charge in [-0.15, -0.1) is 0 Å². The fourth-order valence-corrected chi connectivity index (χ4v) is 5.87. The van der Waals surface area contributed by atoms with Crippen LogP contribution < -0.4 is 13.7 Å². The first-order valence-corrected chi connectivity index (χ1v) is 15.0. The zero-order valence-electron chi connectivity index (χ0n) is 22.3. The van der Waals surface area contributed by atoms with Gasteiger partial charge in [0.1, 0.15) is 17.3 Å². The van der Waals surface area contributed by atoms with Crippen LogP contribution in [-0.4, -0.2) is 44.7 Å². The fourth-order valence-electron chi connectivity index (χ4n) is 3.95. The van der Waals surface area contributed by atoms with E-state index in [0.717, 1.165) is 33.5 Å². The van der Waals surface area contributed by atoms with Gasteiger partial charge in [-0.25, -0.2) is 0 Å². The molecule has 8 nitrogen and oxygen atoms in total. The number of nitrogens with zero attached hydrogens (tertiary/aromatic N) is 1. The summed E-state index contributed by atoms with van der Waals surface area (Å²) in [6.45, 7) is 6.35. The Hall–Kier alpha value is -3.47. The molecule has 1 heterocycles. The molecule has 40 heavy (non-hydrogen) atoms. The largest absolute Gasteiger partial charge is 0.493 e. The van der Waals surface area contributed by atoms with Crippen molar-refractivity contribution in [2.75, 3.05) is 20.3 Å². The lowest BCUT2D eigenvalue weighted by Gasteiger charge is -2.17. The molecule has 4 rings (SSSR count). The van der Waals surface area contributed by atoms with E-state index in [-0.39, 0.29) is 40.4 Å². The van der Waals surface area contributed by atoms with Gasteiger partial charge in [0, 0.05) is 5.02 Å². The van der Waals surface area contributed by atoms with Crippen LogP contribution in [0.25, 0.3) is 6.08 Å². The minimum atomic E-state index is -4.19. The third kappa shape index (κ3) is 6.80. The number of aryl methyl sites for hydroxylation is 1. The molecular formula is C29H28ClNO7S2. The molecule has 0 atom stereocenters. The lowest BCUT2D eigenvalue weighted by atomic mass is 10.0. The molecule has 0 N–H and O–H groups in total. The van der Waals surface area contributed by atoms with Gasteiger partial charge in [-0.05, 0) is 89.8 Å². The number of benzene rings is 3. The minimum Gasteiger partial charge on any atom is -0.493 e. The van der Waals surface area contributed by atoms with Gasteiger partial charge >= 0.3 is 10.1 Å². The summed E-state index contributed by atoms with van der Waals surface area (Å²) in [4.78, 5) is 26.9. The van der Waals surface area contributed by atoms with Crippen LogP contribution in [-0.2, 0) is 14.9 Å². The van der Waals surface area contributed by atoms with Crippen LogP contribution in [0, 0.1) is 6.92 Å². The number of carbonyl (C=O) groups is 2. The molecule has 3 aromatic rings. The molecule has 210 valence electrons. The van der Waals surface area contributed by atoms with Gasteiger partial charge in [0.2, 0.25) is 0 Å². The normalized spacial score (nSPS) is 14.8. The molecule has 0 unspecified atom stereocenters. The van der Waals surface area contributed by atoms with Gasteiger partial charge in [-0.1, -0.05) is 43.6 Å². The SMILES string of the molecule is COc1ccc(/C=C2\SC(=O)N(CCOc3cc(C)ccc3C(C)C)C2=O)cc1OS(=O)(=O)c1ccc(Cl)cc1. The molecule has 1 aliphatic rings. The van der Waals surface area contributed by atoms with Crippen LogP contribution in [0.15, 0.2) is 70.5 Å². The maximum absolute atomic E-state index is 13.0. The van der Waals surface area contributed by atoms with Crippen LogP contribution in [0.2, 0.25) is 5.02 Å². The molecule has 0 aliphatic carbocycles. The van der Waals surface area contributed by atoms with Crippen LogP contribution in [0.5, 0.6) is 17.2 Å². The van der Waals surface area contributed by atoms with Gasteiger partial charge in [-0.3, -0.25) is 14.5 Å². The van der Waals surface area contributed by atoms with Crippen LogP contribution in [0.4, 0.5) is 4.79 Å². The van der Waals surface area contributed by atoms with Crippen molar-refractivity contribution < 1.29 is 31.7 Å². The van der Waals surface area contributed by atoms with E-state index >= 15 is 0 Å². The first kappa shape index (κ1) is 29.5. The van der Waals surface area contributed by atoms with Crippen molar-refractivity contribution in [2.45, 2.75) is 31.6 Å². The molecule has 0 bridgehead atoms. The molecule has 0 spiro atoms. The predicted molar refractivity (Wildman–Crippen MR) is 156 cm³/mol. The van der Waals surface area contributed by atoms with E-state index in [1.165, 1.54) is 49.6 Å². The molecule has 2 amide bonds. The molecule has 1 saturated heterocycles. The number of thioether (sulfide) groups is 1. The lowest BCUT2D eigenvalue weighted by Crippen LogP contribution is -2.32. The number of imide groups is 1. The second-order valence-corrected chi connectivity index (χ2v) is 12.3. The highest BCUT2D eigenvalue weighted by Gasteiger charge is 2.35. The number of methoxy groups -OCH3 is 1. The number of rotatable bonds is 10. The second-order valence-electron chi connectivity index (χ2n) is 9.28. The van der Waals surface area contributed by atoms with E-state index in [0.29, 0.717) is 10.6 Å². The number of carbonyl (C=O) groups excluding carboxylic acids is 2. The monoisotopic (exact) mass is 601 g/mol. The van der Waals surface area contributed by atoms with E-state index < -0.39 is 21.3 Å². The van der Waals surface area contributed by atoms with E-state index in [9.17, 15) is 18.0 Å². The molecule has 1 aliphatic heterocycles. The highest BCUT2D eigenvalue weighted by atomic mass is 35.5. The Morgan fingerprint density at radius 1 is 0.975 bits per heavy atom. The summed E-state index contributed by atoms with van der Waals surface area (Å²) in [5, 5.41) is -0.0296. The van der Waals surface area contributed by atoms with Crippen molar-refractivity contribution in [3.8, 4) is 17.2 Å². The molecule has 0 aromatic heterocycles. The average Bonchev–Trinajstić information content (AvgIpc) is 3.16. The molecule has 3 aromatic carbocycles. The summed E-state index contributed by atoms with van der Waals surface area (Å²) in [6, 6.07) is 16.1. The Labute approximate surface area is 243 Å². The van der Waals surface area contributed by atoms with E-state index in [2.05, 4.69) is 13.8 Å². The van der Waals surface area contributed by atoms with Crippen molar-refractivity contribution in [1.82, 2.24) is 4.90 Å². The molecule has 1 fully saturated rings. The second kappa shape index (κ2) is 12.4. The molecule has 0 saturated carbocycles. The predicted octanol–water partition coefficient (Wildman–Crippen LogP) is 6.66. The molecule has 0 radical (unpaired) electrons. The maximum Gasteiger partial charge on any atom is 0.339 e. The summed E-state index contributed by atoms with van der Waals surface area (Å²) >= 11 is 6.66. The van der Waals surface area contributed by atoms with Crippen LogP contribution >= 0.6 is 23.4 Å². The van der Waals surface area contributed by atoms with Gasteiger partial charge in [0.15, 0.2) is 11.5 Å². The number of hydrogen-bond donors (Lipinski definition) is 0. The van der Waals surface area contributed by atoms with Crippen LogP contribution in [0.1, 0.15) is 36.5 Å². The van der Waals surface area contributed by atoms with E-state index in [1.807, 2.05) is 25.1 Å². The van der Waals surface area contributed by atoms with E-state index in [1.54, 1.807) is 6.07 Å². The Morgan fingerprint density at radius 2 is 1.70 bits per heavy atom. The minimum absolute atomic E-state index is 0.0714. The van der Waals surface area contributed by atoms with Crippen LogP contribution in [0.3, 0.4) is 0 Å². The first-order valence-electron chi connectivity index (χ1n) is 12.4. The summed E-state index contributed by atoms with van der Waals surface area (Å²) in [5.41, 5.74) is 2.55. The zero-order valence-corrected chi connectivity index (χ0v) is 24.7. The quantitative estimate of drug-likeness (QED) is 0.188. The summed E-state index contributed by atoms with van der Waals surface area (Å²) in [6.07, 6.45) is 1.50. The average molecular weight is 602 g/mol. The van der Waals surface area contributed by atoms with Crippen molar-refractivity contribution in [3.05, 3.63) is 87.3 Å². The van der Waals surface area contributed by atoms with Gasteiger partial charge < -0.3 is 13.7 Å². The van der Waals surface area contributed by atoms with Crippen molar-refractivity contribution in [3.63, 3.8) is 0 Å². The number of amides is 2. The highest BCUT2D eigenvalue weighted by Crippen LogP contribution is 2.36. The zero-order chi connectivity index (χ0) is 29.0. The fraction of sp³-hybridized carbons (Fsp3) is 0.241.